The first kappa shape index (κ1) is 42.4. The highest BCUT2D eigenvalue weighted by molar-refractivity contribution is 14.1. The summed E-state index contributed by atoms with van der Waals surface area (Å²) in [6.07, 6.45) is -1.63. The maximum atomic E-state index is 13.3. The number of nitrogens with zero attached hydrogens (tertiary/aromatic N) is 3. The normalized spacial score (nSPS) is 29.8. The molecule has 2 aliphatic rings. The van der Waals surface area contributed by atoms with Crippen LogP contribution >= 0.6 is 22.6 Å². The van der Waals surface area contributed by atoms with Crippen LogP contribution in [0.15, 0.2) is 35.4 Å². The highest BCUT2D eigenvalue weighted by Crippen LogP contribution is 2.41. The Balaban J connectivity index is 2.06. The summed E-state index contributed by atoms with van der Waals surface area (Å²) in [7, 11) is 1.26. The zero-order chi connectivity index (χ0) is 36.6. The first-order valence-electron chi connectivity index (χ1n) is 18.0. The Kier molecular flexibility index (Phi) is 18.7. The third-order valence-corrected chi connectivity index (χ3v) is 10.5. The molecule has 0 saturated carbocycles. The third kappa shape index (κ3) is 11.5. The minimum Gasteiger partial charge on any atom is -0.467 e. The molecule has 50 heavy (non-hydrogen) atoms. The lowest BCUT2D eigenvalue weighted by Gasteiger charge is -2.50. The lowest BCUT2D eigenvalue weighted by Crippen LogP contribution is -2.64. The number of rotatable bonds is 20. The van der Waals surface area contributed by atoms with Crippen molar-refractivity contribution in [2.24, 2.45) is 17.0 Å². The van der Waals surface area contributed by atoms with Crippen molar-refractivity contribution in [3.63, 3.8) is 0 Å². The van der Waals surface area contributed by atoms with E-state index in [0.29, 0.717) is 18.8 Å². The number of benzene rings is 1. The van der Waals surface area contributed by atoms with E-state index >= 15 is 0 Å². The number of hydrogen-bond donors (Lipinski definition) is 0. The van der Waals surface area contributed by atoms with Gasteiger partial charge in [0.15, 0.2) is 24.8 Å². The lowest BCUT2D eigenvalue weighted by atomic mass is 9.76. The average molecular weight is 818 g/mol. The highest BCUT2D eigenvalue weighted by Gasteiger charge is 2.55. The Hall–Kier alpha value is -2.04. The molecule has 0 radical (unpaired) electrons. The summed E-state index contributed by atoms with van der Waals surface area (Å²) in [5.41, 5.74) is 10.2. The van der Waals surface area contributed by atoms with Crippen molar-refractivity contribution in [2.75, 3.05) is 26.9 Å². The van der Waals surface area contributed by atoms with Gasteiger partial charge in [-0.05, 0) is 50.3 Å². The monoisotopic (exact) mass is 817 g/mol. The average Bonchev–Trinajstić information content (AvgIpc) is 3.11. The van der Waals surface area contributed by atoms with Gasteiger partial charge in [0, 0.05) is 24.0 Å². The molecular weight excluding hydrogens is 761 g/mol. The summed E-state index contributed by atoms with van der Waals surface area (Å²) in [6, 6.07) is 7.67. The van der Waals surface area contributed by atoms with Crippen molar-refractivity contribution in [3.05, 3.63) is 46.3 Å². The zero-order valence-corrected chi connectivity index (χ0v) is 32.6. The fourth-order valence-corrected chi connectivity index (χ4v) is 7.51. The largest absolute Gasteiger partial charge is 0.467 e. The fourth-order valence-electron chi connectivity index (χ4n) is 6.48. The van der Waals surface area contributed by atoms with Crippen molar-refractivity contribution in [1.29, 1.82) is 0 Å². The van der Waals surface area contributed by atoms with Crippen LogP contribution in [0.5, 0.6) is 0 Å². The molecule has 4 unspecified atom stereocenters. The van der Waals surface area contributed by atoms with E-state index < -0.39 is 65.0 Å². The van der Waals surface area contributed by atoms with Crippen molar-refractivity contribution >= 4 is 34.5 Å². The molecule has 2 saturated heterocycles. The van der Waals surface area contributed by atoms with Gasteiger partial charge in [0.1, 0.15) is 12.1 Å². The summed E-state index contributed by atoms with van der Waals surface area (Å²) >= 11 is 2.10. The van der Waals surface area contributed by atoms with Gasteiger partial charge in [0.05, 0.1) is 41.5 Å². The predicted molar refractivity (Wildman–Crippen MR) is 195 cm³/mol. The van der Waals surface area contributed by atoms with Gasteiger partial charge < -0.3 is 37.9 Å². The number of alkyl halides is 1. The Morgan fingerprint density at radius 1 is 0.960 bits per heavy atom. The third-order valence-electron chi connectivity index (χ3n) is 9.10. The maximum Gasteiger partial charge on any atom is 0.338 e. The predicted octanol–water partition coefficient (Wildman–Crippen LogP) is 7.18. The van der Waals surface area contributed by atoms with Gasteiger partial charge in [-0.25, -0.2) is 9.59 Å². The van der Waals surface area contributed by atoms with Gasteiger partial charge in [-0.15, -0.1) is 0 Å². The molecule has 13 nitrogen and oxygen atoms in total. The maximum absolute atomic E-state index is 13.3. The molecule has 0 aromatic heterocycles. The molecule has 1 aromatic carbocycles. The SMILES string of the molecule is CCCCOCC1O[C@H](O[C@H]2C(I)C(OC(=O)c3ccccc3)[C@H](OC(C)C)O[C@H]2C(=O)OC)[C@@H](N=[N+]=[N-])C(OCCCC)[C@@H]1C(CC)CC. The van der Waals surface area contributed by atoms with Crippen molar-refractivity contribution in [1.82, 2.24) is 0 Å². The molecule has 0 amide bonds. The number of methoxy groups -OCH3 is 1. The van der Waals surface area contributed by atoms with Gasteiger partial charge in [0.2, 0.25) is 0 Å². The Labute approximate surface area is 310 Å². The number of halogens is 1. The number of ether oxygens (including phenoxy) is 8. The van der Waals surface area contributed by atoms with Crippen LogP contribution in [-0.2, 0) is 42.7 Å². The standard InChI is InChI=1S/C36H56IN3O10/c1-8-12-19-44-21-25-26(23(10-3)11-4)29(45-20-13-9-2)28(39-40-38)35(47-25)49-30-27(37)31(48-33(41)24-17-15-14-16-18-24)36(46-22(5)6)50-32(30)34(42)43-7/h14-18,22-23,25-32,35-36H,8-13,19-21H2,1-7H3/t25?,26-,27?,28+,29?,30+,31?,32-,35-,36-/m1/s1. The minimum absolute atomic E-state index is 0.156. The summed E-state index contributed by atoms with van der Waals surface area (Å²) in [6.45, 7) is 13.4. The topological polar surface area (TPSA) is 157 Å². The molecule has 282 valence electrons. The summed E-state index contributed by atoms with van der Waals surface area (Å²) in [4.78, 5) is 29.8. The highest BCUT2D eigenvalue weighted by atomic mass is 127. The molecule has 1 aromatic rings. The molecule has 0 aliphatic carbocycles. The van der Waals surface area contributed by atoms with Crippen LogP contribution in [0.25, 0.3) is 10.4 Å². The number of unbranched alkanes of at least 4 members (excludes halogenated alkanes) is 2. The number of hydrogen-bond acceptors (Lipinski definition) is 11. The Bertz CT molecular complexity index is 1200. The number of azide groups is 1. The summed E-state index contributed by atoms with van der Waals surface area (Å²) in [5.74, 6) is -1.26. The van der Waals surface area contributed by atoms with E-state index in [4.69, 9.17) is 37.9 Å². The number of esters is 2. The van der Waals surface area contributed by atoms with E-state index in [-0.39, 0.29) is 24.5 Å². The van der Waals surface area contributed by atoms with E-state index in [2.05, 4.69) is 60.3 Å². The van der Waals surface area contributed by atoms with E-state index in [0.717, 1.165) is 38.5 Å². The fraction of sp³-hybridized carbons (Fsp3) is 0.778. The van der Waals surface area contributed by atoms with Crippen molar-refractivity contribution < 1.29 is 47.5 Å². The molecular formula is C36H56IN3O10. The summed E-state index contributed by atoms with van der Waals surface area (Å²) in [5, 5.41) is 4.21. The van der Waals surface area contributed by atoms with E-state index in [1.54, 1.807) is 30.3 Å². The molecule has 2 aliphatic heterocycles. The molecule has 2 heterocycles. The molecule has 0 N–H and O–H groups in total. The number of carbonyl (C=O) groups is 2. The van der Waals surface area contributed by atoms with Gasteiger partial charge >= 0.3 is 11.9 Å². The van der Waals surface area contributed by atoms with Crippen LogP contribution in [0.1, 0.15) is 90.4 Å². The van der Waals surface area contributed by atoms with Gasteiger partial charge in [-0.1, -0.05) is 99.3 Å². The van der Waals surface area contributed by atoms with Crippen LogP contribution in [-0.4, -0.2) is 98.0 Å². The van der Waals surface area contributed by atoms with Gasteiger partial charge in [0.25, 0.3) is 0 Å². The molecule has 10 atom stereocenters. The first-order chi connectivity index (χ1) is 24.1. The molecule has 0 spiro atoms. The van der Waals surface area contributed by atoms with E-state index in [9.17, 15) is 15.1 Å². The Morgan fingerprint density at radius 2 is 1.64 bits per heavy atom. The first-order valence-corrected chi connectivity index (χ1v) is 19.2. The van der Waals surface area contributed by atoms with E-state index in [1.807, 2.05) is 13.8 Å². The number of carbonyl (C=O) groups excluding carboxylic acids is 2. The molecule has 2 fully saturated rings. The van der Waals surface area contributed by atoms with E-state index in [1.165, 1.54) is 7.11 Å². The lowest BCUT2D eigenvalue weighted by molar-refractivity contribution is -0.319. The quantitative estimate of drug-likeness (QED) is 0.0251. The van der Waals surface area contributed by atoms with Crippen LogP contribution in [0.3, 0.4) is 0 Å². The van der Waals surface area contributed by atoms with Gasteiger partial charge in [-0.2, -0.15) is 0 Å². The van der Waals surface area contributed by atoms with Crippen molar-refractivity contribution in [2.45, 2.75) is 139 Å². The smallest absolute Gasteiger partial charge is 0.338 e. The molecule has 0 bridgehead atoms. The van der Waals surface area contributed by atoms with Crippen LogP contribution < -0.4 is 0 Å². The van der Waals surface area contributed by atoms with Crippen molar-refractivity contribution in [3.8, 4) is 0 Å². The molecule has 14 heteroatoms. The second-order valence-electron chi connectivity index (χ2n) is 12.9. The minimum atomic E-state index is -1.29. The van der Waals surface area contributed by atoms with Crippen LogP contribution in [0.4, 0.5) is 0 Å². The Morgan fingerprint density at radius 3 is 2.24 bits per heavy atom. The van der Waals surface area contributed by atoms with Gasteiger partial charge in [-0.3, -0.25) is 0 Å². The summed E-state index contributed by atoms with van der Waals surface area (Å²) < 4.78 is 48.9. The van der Waals surface area contributed by atoms with Crippen LogP contribution in [0, 0.1) is 11.8 Å². The second-order valence-corrected chi connectivity index (χ2v) is 14.4. The van der Waals surface area contributed by atoms with Crippen LogP contribution in [0.2, 0.25) is 0 Å². The second kappa shape index (κ2) is 22.1. The molecule has 3 rings (SSSR count). The zero-order valence-electron chi connectivity index (χ0n) is 30.5.